The number of nitrogens with zero attached hydrogens (tertiary/aromatic N) is 1. The second-order valence-corrected chi connectivity index (χ2v) is 4.79. The molecule has 2 rings (SSSR count). The van der Waals surface area contributed by atoms with E-state index in [1.165, 1.54) is 0 Å². The molecule has 2 aromatic rings. The summed E-state index contributed by atoms with van der Waals surface area (Å²) in [5.74, 6) is 1.74. The van der Waals surface area contributed by atoms with E-state index in [2.05, 4.69) is 10.3 Å². The van der Waals surface area contributed by atoms with Crippen molar-refractivity contribution in [2.45, 2.75) is 19.9 Å². The maximum Gasteiger partial charge on any atom is 0.142 e. The summed E-state index contributed by atoms with van der Waals surface area (Å²) >= 11 is 0. The summed E-state index contributed by atoms with van der Waals surface area (Å²) in [5, 5.41) is 3.11. The minimum absolute atomic E-state index is 0.619. The molecule has 0 unspecified atom stereocenters. The van der Waals surface area contributed by atoms with Gasteiger partial charge >= 0.3 is 0 Å². The van der Waals surface area contributed by atoms with Gasteiger partial charge in [-0.15, -0.1) is 0 Å². The highest BCUT2D eigenvalue weighted by Gasteiger charge is 2.05. The number of benzene rings is 1. The third-order valence-corrected chi connectivity index (χ3v) is 2.97. The number of ether oxygens (including phenoxy) is 2. The van der Waals surface area contributed by atoms with Gasteiger partial charge in [-0.3, -0.25) is 4.98 Å². The lowest BCUT2D eigenvalue weighted by molar-refractivity contribution is 0.245. The summed E-state index contributed by atoms with van der Waals surface area (Å²) < 4.78 is 11.4. The Hall–Kier alpha value is -2.07. The fourth-order valence-corrected chi connectivity index (χ4v) is 1.97. The van der Waals surface area contributed by atoms with E-state index in [9.17, 15) is 0 Å². The number of hydrogen-bond donors (Lipinski definition) is 1. The number of aryl methyl sites for hydroxylation is 1. The van der Waals surface area contributed by atoms with Crippen LogP contribution < -0.4 is 14.8 Å². The molecule has 1 N–H and O–H groups in total. The van der Waals surface area contributed by atoms with Gasteiger partial charge in [0.15, 0.2) is 0 Å². The molecule has 0 amide bonds. The Balaban J connectivity index is 1.75. The molecule has 112 valence electrons. The first-order chi connectivity index (χ1) is 10.3. The predicted molar refractivity (Wildman–Crippen MR) is 83.8 cm³/mol. The highest BCUT2D eigenvalue weighted by Crippen LogP contribution is 2.17. The summed E-state index contributed by atoms with van der Waals surface area (Å²) in [7, 11) is 1.90. The Morgan fingerprint density at radius 3 is 2.52 bits per heavy atom. The lowest BCUT2D eigenvalue weighted by Gasteiger charge is -2.11. The number of para-hydroxylation sites is 1. The van der Waals surface area contributed by atoms with Crippen molar-refractivity contribution in [3.8, 4) is 11.5 Å². The molecule has 4 heteroatoms. The summed E-state index contributed by atoms with van der Waals surface area (Å²) in [4.78, 5) is 4.49. The van der Waals surface area contributed by atoms with Crippen molar-refractivity contribution < 1.29 is 9.47 Å². The summed E-state index contributed by atoms with van der Waals surface area (Å²) in [6.07, 6.45) is 0.835. The molecule has 0 aliphatic carbocycles. The first-order valence-corrected chi connectivity index (χ1v) is 7.21. The highest BCUT2D eigenvalue weighted by molar-refractivity contribution is 5.29. The van der Waals surface area contributed by atoms with Crippen molar-refractivity contribution in [2.24, 2.45) is 0 Å². The van der Waals surface area contributed by atoms with E-state index in [4.69, 9.17) is 9.47 Å². The molecule has 0 spiro atoms. The third-order valence-electron chi connectivity index (χ3n) is 2.97. The standard InChI is InChI=1S/C17H22N2O2/c1-14-9-10-17(16(19-14)13-18-2)21-12-6-11-20-15-7-4-3-5-8-15/h3-5,7-10,18H,6,11-13H2,1-2H3. The average Bonchev–Trinajstić information content (AvgIpc) is 2.50. The van der Waals surface area contributed by atoms with Crippen LogP contribution in [0.1, 0.15) is 17.8 Å². The monoisotopic (exact) mass is 286 g/mol. The Bertz CT molecular complexity index is 544. The molecule has 0 saturated heterocycles. The Morgan fingerprint density at radius 2 is 1.76 bits per heavy atom. The molecule has 1 heterocycles. The topological polar surface area (TPSA) is 43.4 Å². The summed E-state index contributed by atoms with van der Waals surface area (Å²) in [6.45, 7) is 3.95. The van der Waals surface area contributed by atoms with Crippen LogP contribution in [0.15, 0.2) is 42.5 Å². The van der Waals surface area contributed by atoms with Crippen LogP contribution >= 0.6 is 0 Å². The van der Waals surface area contributed by atoms with Gasteiger partial charge in [0, 0.05) is 18.7 Å². The van der Waals surface area contributed by atoms with E-state index in [0.717, 1.165) is 29.3 Å². The Morgan fingerprint density at radius 1 is 1.00 bits per heavy atom. The molecule has 21 heavy (non-hydrogen) atoms. The largest absolute Gasteiger partial charge is 0.493 e. The molecule has 0 radical (unpaired) electrons. The maximum absolute atomic E-state index is 5.80. The maximum atomic E-state index is 5.80. The first-order valence-electron chi connectivity index (χ1n) is 7.21. The van der Waals surface area contributed by atoms with E-state index >= 15 is 0 Å². The molecule has 4 nitrogen and oxygen atoms in total. The molecule has 1 aromatic carbocycles. The normalized spacial score (nSPS) is 10.4. The van der Waals surface area contributed by atoms with Crippen molar-refractivity contribution in [1.29, 1.82) is 0 Å². The van der Waals surface area contributed by atoms with E-state index in [-0.39, 0.29) is 0 Å². The zero-order chi connectivity index (χ0) is 14.9. The molecule has 0 aliphatic rings. The van der Waals surface area contributed by atoms with Gasteiger partial charge in [-0.2, -0.15) is 0 Å². The van der Waals surface area contributed by atoms with E-state index < -0.39 is 0 Å². The zero-order valence-corrected chi connectivity index (χ0v) is 12.6. The number of hydrogen-bond acceptors (Lipinski definition) is 4. The van der Waals surface area contributed by atoms with Crippen LogP contribution in [0.4, 0.5) is 0 Å². The number of aromatic nitrogens is 1. The quantitative estimate of drug-likeness (QED) is 0.758. The molecular formula is C17H22N2O2. The van der Waals surface area contributed by atoms with Crippen LogP contribution in [-0.4, -0.2) is 25.2 Å². The smallest absolute Gasteiger partial charge is 0.142 e. The van der Waals surface area contributed by atoms with Crippen molar-refractivity contribution in [3.63, 3.8) is 0 Å². The number of pyridine rings is 1. The van der Waals surface area contributed by atoms with Gasteiger partial charge in [-0.05, 0) is 38.2 Å². The summed E-state index contributed by atoms with van der Waals surface area (Å²) in [6, 6.07) is 13.8. The Kier molecular flexibility index (Phi) is 6.03. The Labute approximate surface area is 126 Å². The fourth-order valence-electron chi connectivity index (χ4n) is 1.97. The van der Waals surface area contributed by atoms with Gasteiger partial charge in [-0.1, -0.05) is 18.2 Å². The zero-order valence-electron chi connectivity index (χ0n) is 12.6. The first kappa shape index (κ1) is 15.3. The molecule has 1 aromatic heterocycles. The molecule has 0 fully saturated rings. The fraction of sp³-hybridized carbons (Fsp3) is 0.353. The molecular weight excluding hydrogens is 264 g/mol. The summed E-state index contributed by atoms with van der Waals surface area (Å²) in [5.41, 5.74) is 1.95. The minimum atomic E-state index is 0.619. The van der Waals surface area contributed by atoms with Crippen LogP contribution in [0.3, 0.4) is 0 Å². The molecule has 0 bridgehead atoms. The van der Waals surface area contributed by atoms with E-state index in [1.807, 2.05) is 56.4 Å². The molecule has 0 saturated carbocycles. The lowest BCUT2D eigenvalue weighted by Crippen LogP contribution is -2.11. The van der Waals surface area contributed by atoms with Crippen LogP contribution in [0.2, 0.25) is 0 Å². The van der Waals surface area contributed by atoms with Crippen LogP contribution in [-0.2, 0) is 6.54 Å². The van der Waals surface area contributed by atoms with Crippen LogP contribution in [0, 0.1) is 6.92 Å². The van der Waals surface area contributed by atoms with Crippen molar-refractivity contribution in [2.75, 3.05) is 20.3 Å². The predicted octanol–water partition coefficient (Wildman–Crippen LogP) is 2.96. The number of rotatable bonds is 8. The highest BCUT2D eigenvalue weighted by atomic mass is 16.5. The average molecular weight is 286 g/mol. The molecule has 0 aliphatic heterocycles. The third kappa shape index (κ3) is 5.08. The van der Waals surface area contributed by atoms with Crippen LogP contribution in [0.25, 0.3) is 0 Å². The van der Waals surface area contributed by atoms with Gasteiger partial charge in [-0.25, -0.2) is 0 Å². The second-order valence-electron chi connectivity index (χ2n) is 4.79. The van der Waals surface area contributed by atoms with Gasteiger partial charge in [0.05, 0.1) is 18.9 Å². The minimum Gasteiger partial charge on any atom is -0.493 e. The SMILES string of the molecule is CNCc1nc(C)ccc1OCCCOc1ccccc1. The van der Waals surface area contributed by atoms with Crippen LogP contribution in [0.5, 0.6) is 11.5 Å². The number of nitrogens with one attached hydrogen (secondary N) is 1. The van der Waals surface area contributed by atoms with Gasteiger partial charge in [0.25, 0.3) is 0 Å². The molecule has 0 atom stereocenters. The second kappa shape index (κ2) is 8.27. The van der Waals surface area contributed by atoms with E-state index in [1.54, 1.807) is 0 Å². The van der Waals surface area contributed by atoms with Crippen molar-refractivity contribution >= 4 is 0 Å². The van der Waals surface area contributed by atoms with Gasteiger partial charge in [0.2, 0.25) is 0 Å². The lowest BCUT2D eigenvalue weighted by atomic mass is 10.3. The van der Waals surface area contributed by atoms with Gasteiger partial charge in [0.1, 0.15) is 11.5 Å². The van der Waals surface area contributed by atoms with Crippen molar-refractivity contribution in [1.82, 2.24) is 10.3 Å². The van der Waals surface area contributed by atoms with Gasteiger partial charge < -0.3 is 14.8 Å². The van der Waals surface area contributed by atoms with Crippen molar-refractivity contribution in [3.05, 3.63) is 53.9 Å². The van der Waals surface area contributed by atoms with E-state index in [0.29, 0.717) is 19.8 Å².